The Kier molecular flexibility index (Phi) is 5.05. The lowest BCUT2D eigenvalue weighted by molar-refractivity contribution is 0.208. The summed E-state index contributed by atoms with van der Waals surface area (Å²) in [6.07, 6.45) is 6.74. The van der Waals surface area contributed by atoms with Gasteiger partial charge in [0, 0.05) is 45.0 Å². The van der Waals surface area contributed by atoms with Crippen LogP contribution in [0, 0.1) is 0 Å². The largest absolute Gasteiger partial charge is 0.481 e. The summed E-state index contributed by atoms with van der Waals surface area (Å²) in [6, 6.07) is 2.19. The fourth-order valence-electron chi connectivity index (χ4n) is 2.84. The SMILES string of the molecule is COc1cc(NC2CCN(Cc3cn(C)c(=O)cn3)CC2)ncn1. The molecule has 128 valence electrons. The van der Waals surface area contributed by atoms with E-state index in [0.29, 0.717) is 11.9 Å². The minimum Gasteiger partial charge on any atom is -0.481 e. The van der Waals surface area contributed by atoms with Crippen LogP contribution in [0.4, 0.5) is 5.82 Å². The molecule has 0 atom stereocenters. The maximum absolute atomic E-state index is 11.4. The van der Waals surface area contributed by atoms with Crippen LogP contribution in [0.25, 0.3) is 0 Å². The summed E-state index contributed by atoms with van der Waals surface area (Å²) in [6.45, 7) is 2.72. The topological polar surface area (TPSA) is 85.2 Å². The number of piperidine rings is 1. The fraction of sp³-hybridized carbons (Fsp3) is 0.500. The first-order valence-corrected chi connectivity index (χ1v) is 8.00. The molecule has 1 saturated heterocycles. The standard InChI is InChI=1S/C16H22N6O2/c1-21-9-13(17-8-16(21)23)10-22-5-3-12(4-6-22)20-14-7-15(24-2)19-11-18-14/h7-9,11-12H,3-6,10H2,1-2H3,(H,18,19,20). The van der Waals surface area contributed by atoms with Gasteiger partial charge in [-0.05, 0) is 12.8 Å². The highest BCUT2D eigenvalue weighted by atomic mass is 16.5. The molecule has 0 radical (unpaired) electrons. The van der Waals surface area contributed by atoms with E-state index >= 15 is 0 Å². The van der Waals surface area contributed by atoms with Crippen molar-refractivity contribution < 1.29 is 4.74 Å². The molecule has 0 unspecified atom stereocenters. The third kappa shape index (κ3) is 4.08. The molecule has 3 heterocycles. The van der Waals surface area contributed by atoms with Gasteiger partial charge in [-0.2, -0.15) is 0 Å². The highest BCUT2D eigenvalue weighted by Crippen LogP contribution is 2.18. The number of likely N-dealkylation sites (tertiary alicyclic amines) is 1. The van der Waals surface area contributed by atoms with Gasteiger partial charge in [-0.3, -0.25) is 14.7 Å². The van der Waals surface area contributed by atoms with Gasteiger partial charge in [0.1, 0.15) is 12.1 Å². The molecule has 0 bridgehead atoms. The normalized spacial score (nSPS) is 16.1. The molecule has 3 rings (SSSR count). The Bertz CT molecular complexity index is 739. The highest BCUT2D eigenvalue weighted by Gasteiger charge is 2.20. The molecule has 1 fully saturated rings. The molecule has 0 amide bonds. The van der Waals surface area contributed by atoms with E-state index in [1.54, 1.807) is 31.0 Å². The third-order valence-corrected chi connectivity index (χ3v) is 4.21. The minimum absolute atomic E-state index is 0.0815. The van der Waals surface area contributed by atoms with Crippen molar-refractivity contribution in [2.45, 2.75) is 25.4 Å². The van der Waals surface area contributed by atoms with Crippen molar-refractivity contribution in [2.75, 3.05) is 25.5 Å². The third-order valence-electron chi connectivity index (χ3n) is 4.21. The van der Waals surface area contributed by atoms with Crippen molar-refractivity contribution in [3.8, 4) is 5.88 Å². The lowest BCUT2D eigenvalue weighted by atomic mass is 10.0. The molecular formula is C16H22N6O2. The van der Waals surface area contributed by atoms with Crippen LogP contribution in [0.1, 0.15) is 18.5 Å². The fourth-order valence-corrected chi connectivity index (χ4v) is 2.84. The number of ether oxygens (including phenoxy) is 1. The monoisotopic (exact) mass is 330 g/mol. The smallest absolute Gasteiger partial charge is 0.268 e. The molecule has 2 aromatic rings. The number of aromatic nitrogens is 4. The summed E-state index contributed by atoms with van der Waals surface area (Å²) in [5.41, 5.74) is 0.839. The Balaban J connectivity index is 1.51. The first kappa shape index (κ1) is 16.4. The zero-order valence-electron chi connectivity index (χ0n) is 14.0. The Hall–Kier alpha value is -2.48. The zero-order chi connectivity index (χ0) is 16.9. The summed E-state index contributed by atoms with van der Waals surface area (Å²) in [5.74, 6) is 1.35. The molecule has 0 saturated carbocycles. The molecule has 2 aromatic heterocycles. The van der Waals surface area contributed by atoms with Gasteiger partial charge in [-0.25, -0.2) is 9.97 Å². The molecule has 1 N–H and O–H groups in total. The summed E-state index contributed by atoms with van der Waals surface area (Å²) >= 11 is 0. The second-order valence-electron chi connectivity index (χ2n) is 5.97. The van der Waals surface area contributed by atoms with Crippen molar-refractivity contribution in [3.63, 3.8) is 0 Å². The summed E-state index contributed by atoms with van der Waals surface area (Å²) in [5, 5.41) is 3.44. The first-order chi connectivity index (χ1) is 11.6. The number of methoxy groups -OCH3 is 1. The second-order valence-corrected chi connectivity index (χ2v) is 5.97. The van der Waals surface area contributed by atoms with Crippen molar-refractivity contribution >= 4 is 5.82 Å². The maximum Gasteiger partial charge on any atom is 0.268 e. The van der Waals surface area contributed by atoms with Crippen molar-refractivity contribution in [3.05, 3.63) is 40.8 Å². The van der Waals surface area contributed by atoms with Crippen molar-refractivity contribution in [1.29, 1.82) is 0 Å². The molecule has 8 nitrogen and oxygen atoms in total. The number of hydrogen-bond acceptors (Lipinski definition) is 7. The summed E-state index contributed by atoms with van der Waals surface area (Å²) < 4.78 is 6.68. The number of rotatable bonds is 5. The number of aryl methyl sites for hydroxylation is 1. The van der Waals surface area contributed by atoms with Crippen LogP contribution in [0.2, 0.25) is 0 Å². The molecule has 24 heavy (non-hydrogen) atoms. The molecular weight excluding hydrogens is 308 g/mol. The predicted molar refractivity (Wildman–Crippen MR) is 90.0 cm³/mol. The number of nitrogens with zero attached hydrogens (tertiary/aromatic N) is 5. The van der Waals surface area contributed by atoms with Crippen LogP contribution in [0.15, 0.2) is 29.6 Å². The van der Waals surface area contributed by atoms with Gasteiger partial charge in [0.05, 0.1) is 19.0 Å². The van der Waals surface area contributed by atoms with Gasteiger partial charge in [0.15, 0.2) is 0 Å². The summed E-state index contributed by atoms with van der Waals surface area (Å²) in [7, 11) is 3.34. The average molecular weight is 330 g/mol. The Morgan fingerprint density at radius 1 is 1.29 bits per heavy atom. The van der Waals surface area contributed by atoms with Gasteiger partial charge in [-0.1, -0.05) is 0 Å². The molecule has 8 heteroatoms. The van der Waals surface area contributed by atoms with Crippen LogP contribution < -0.4 is 15.6 Å². The van der Waals surface area contributed by atoms with Crippen LogP contribution in [0.5, 0.6) is 5.88 Å². The quantitative estimate of drug-likeness (QED) is 0.862. The van der Waals surface area contributed by atoms with Gasteiger partial charge in [-0.15, -0.1) is 0 Å². The van der Waals surface area contributed by atoms with Gasteiger partial charge < -0.3 is 14.6 Å². The Morgan fingerprint density at radius 3 is 2.79 bits per heavy atom. The van der Waals surface area contributed by atoms with Crippen LogP contribution >= 0.6 is 0 Å². The van der Waals surface area contributed by atoms with Gasteiger partial charge in [0.25, 0.3) is 5.56 Å². The Labute approximate surface area is 140 Å². The van der Waals surface area contributed by atoms with E-state index in [0.717, 1.165) is 44.0 Å². The first-order valence-electron chi connectivity index (χ1n) is 8.00. The molecule has 1 aliphatic heterocycles. The van der Waals surface area contributed by atoms with E-state index in [-0.39, 0.29) is 5.56 Å². The van der Waals surface area contributed by atoms with E-state index in [2.05, 4.69) is 25.2 Å². The number of anilines is 1. The molecule has 0 spiro atoms. The maximum atomic E-state index is 11.4. The second kappa shape index (κ2) is 7.39. The van der Waals surface area contributed by atoms with Crippen LogP contribution in [-0.2, 0) is 13.6 Å². The van der Waals surface area contributed by atoms with Crippen LogP contribution in [0.3, 0.4) is 0 Å². The van der Waals surface area contributed by atoms with Crippen LogP contribution in [-0.4, -0.2) is 50.7 Å². The van der Waals surface area contributed by atoms with E-state index in [1.165, 1.54) is 12.5 Å². The molecule has 0 aliphatic carbocycles. The lowest BCUT2D eigenvalue weighted by Gasteiger charge is -2.32. The lowest BCUT2D eigenvalue weighted by Crippen LogP contribution is -2.39. The molecule has 1 aliphatic rings. The van der Waals surface area contributed by atoms with E-state index in [9.17, 15) is 4.79 Å². The Morgan fingerprint density at radius 2 is 2.08 bits per heavy atom. The molecule has 0 aromatic carbocycles. The van der Waals surface area contributed by atoms with E-state index in [4.69, 9.17) is 4.74 Å². The van der Waals surface area contributed by atoms with Crippen molar-refractivity contribution in [2.24, 2.45) is 7.05 Å². The van der Waals surface area contributed by atoms with E-state index < -0.39 is 0 Å². The summed E-state index contributed by atoms with van der Waals surface area (Å²) in [4.78, 5) is 26.2. The number of nitrogens with one attached hydrogen (secondary N) is 1. The van der Waals surface area contributed by atoms with Gasteiger partial charge in [0.2, 0.25) is 5.88 Å². The highest BCUT2D eigenvalue weighted by molar-refractivity contribution is 5.38. The minimum atomic E-state index is -0.0815. The zero-order valence-corrected chi connectivity index (χ0v) is 14.0. The predicted octanol–water partition coefficient (Wildman–Crippen LogP) is 0.655. The van der Waals surface area contributed by atoms with Crippen molar-refractivity contribution in [1.82, 2.24) is 24.4 Å². The van der Waals surface area contributed by atoms with Gasteiger partial charge >= 0.3 is 0 Å². The number of hydrogen-bond donors (Lipinski definition) is 1. The van der Waals surface area contributed by atoms with E-state index in [1.807, 2.05) is 0 Å². The average Bonchev–Trinajstić information content (AvgIpc) is 2.60.